The zero-order valence-corrected chi connectivity index (χ0v) is 15.8. The van der Waals surface area contributed by atoms with Crippen molar-refractivity contribution in [2.75, 3.05) is 39.3 Å². The smallest absolute Gasteiger partial charge is 0.356 e. The van der Waals surface area contributed by atoms with E-state index >= 15 is 0 Å². The van der Waals surface area contributed by atoms with E-state index in [0.717, 1.165) is 45.2 Å². The highest BCUT2D eigenvalue weighted by atomic mass is 35.5. The first-order valence-electron chi connectivity index (χ1n) is 8.74. The lowest BCUT2D eigenvalue weighted by Crippen LogP contribution is -2.44. The maximum atomic E-state index is 13.1. The third-order valence-corrected chi connectivity index (χ3v) is 4.47. The number of nitrogens with one attached hydrogen (secondary N) is 2. The van der Waals surface area contributed by atoms with Gasteiger partial charge in [-0.05, 0) is 30.5 Å². The summed E-state index contributed by atoms with van der Waals surface area (Å²) in [5.41, 5.74) is -0.486. The normalized spacial score (nSPS) is 16.6. The zero-order valence-electron chi connectivity index (χ0n) is 14.9. The molecule has 0 aromatic heterocycles. The number of carbonyl (C=O) groups excluding carboxylic acids is 1. The van der Waals surface area contributed by atoms with Crippen LogP contribution in [-0.4, -0.2) is 50.1 Å². The Hall–Kier alpha value is -1.31. The van der Waals surface area contributed by atoms with Crippen molar-refractivity contribution in [3.8, 4) is 0 Å². The molecule has 1 fully saturated rings. The number of carbonyl (C=O) groups is 1. The van der Waals surface area contributed by atoms with Gasteiger partial charge in [-0.1, -0.05) is 25.1 Å². The molecule has 0 saturated carbocycles. The number of hydrogen-bond acceptors (Lipinski definition) is 3. The van der Waals surface area contributed by atoms with Crippen molar-refractivity contribution >= 4 is 18.3 Å². The summed E-state index contributed by atoms with van der Waals surface area (Å²) in [6, 6.07) is 5.46. The lowest BCUT2D eigenvalue weighted by Gasteiger charge is -2.27. The van der Waals surface area contributed by atoms with Gasteiger partial charge in [0.2, 0.25) is 5.91 Å². The molecule has 4 nitrogen and oxygen atoms in total. The van der Waals surface area contributed by atoms with Gasteiger partial charge in [-0.2, -0.15) is 13.2 Å². The molecule has 1 aromatic carbocycles. The predicted molar refractivity (Wildman–Crippen MR) is 98.7 cm³/mol. The zero-order chi connectivity index (χ0) is 18.3. The second-order valence-electron chi connectivity index (χ2n) is 6.49. The summed E-state index contributed by atoms with van der Waals surface area (Å²) in [7, 11) is 0. The summed E-state index contributed by atoms with van der Waals surface area (Å²) in [6.07, 6.45) is -3.50. The number of hydrogen-bond donors (Lipinski definition) is 2. The van der Waals surface area contributed by atoms with E-state index in [2.05, 4.69) is 15.5 Å². The second kappa shape index (κ2) is 10.7. The Morgan fingerprint density at radius 2 is 1.92 bits per heavy atom. The number of piperazine rings is 1. The minimum atomic E-state index is -4.40. The van der Waals surface area contributed by atoms with Crippen molar-refractivity contribution in [1.29, 1.82) is 0 Å². The summed E-state index contributed by atoms with van der Waals surface area (Å²) in [6.45, 7) is 7.14. The van der Waals surface area contributed by atoms with Crippen LogP contribution in [0.5, 0.6) is 0 Å². The molecule has 1 amide bonds. The van der Waals surface area contributed by atoms with Gasteiger partial charge < -0.3 is 15.5 Å². The molecule has 0 radical (unpaired) electrons. The molecular formula is C18H27ClF3N3O. The van der Waals surface area contributed by atoms with Crippen molar-refractivity contribution in [1.82, 2.24) is 15.5 Å². The van der Waals surface area contributed by atoms with Gasteiger partial charge in [0.15, 0.2) is 0 Å². The Morgan fingerprint density at radius 3 is 2.58 bits per heavy atom. The molecule has 2 N–H and O–H groups in total. The Balaban J connectivity index is 0.00000338. The van der Waals surface area contributed by atoms with Gasteiger partial charge in [0.25, 0.3) is 0 Å². The molecule has 0 aliphatic carbocycles. The summed E-state index contributed by atoms with van der Waals surface area (Å²) in [4.78, 5) is 14.4. The Morgan fingerprint density at radius 1 is 1.27 bits per heavy atom. The minimum Gasteiger partial charge on any atom is -0.356 e. The molecule has 1 saturated heterocycles. The van der Waals surface area contributed by atoms with Crippen LogP contribution in [-0.2, 0) is 11.0 Å². The first-order valence-corrected chi connectivity index (χ1v) is 8.74. The molecular weight excluding hydrogens is 367 g/mol. The molecule has 1 aliphatic heterocycles. The maximum Gasteiger partial charge on any atom is 0.416 e. The average Bonchev–Trinajstić information content (AvgIpc) is 2.59. The van der Waals surface area contributed by atoms with E-state index in [1.165, 1.54) is 12.1 Å². The van der Waals surface area contributed by atoms with Crippen LogP contribution in [0.25, 0.3) is 0 Å². The Labute approximate surface area is 158 Å². The highest BCUT2D eigenvalue weighted by Crippen LogP contribution is 2.35. The van der Waals surface area contributed by atoms with Crippen LogP contribution in [0.4, 0.5) is 13.2 Å². The third kappa shape index (κ3) is 7.13. The SMILES string of the molecule is CC(CC(=O)NCCCN1CCNCC1)c1ccccc1C(F)(F)F.Cl. The van der Waals surface area contributed by atoms with E-state index in [0.29, 0.717) is 6.54 Å². The van der Waals surface area contributed by atoms with E-state index in [1.807, 2.05) is 0 Å². The molecule has 0 spiro atoms. The van der Waals surface area contributed by atoms with Crippen LogP contribution in [0.2, 0.25) is 0 Å². The van der Waals surface area contributed by atoms with Crippen LogP contribution in [0.15, 0.2) is 24.3 Å². The molecule has 1 aliphatic rings. The van der Waals surface area contributed by atoms with Crippen LogP contribution in [0, 0.1) is 0 Å². The quantitative estimate of drug-likeness (QED) is 0.700. The first-order chi connectivity index (χ1) is 11.9. The molecule has 148 valence electrons. The summed E-state index contributed by atoms with van der Waals surface area (Å²) in [5, 5.41) is 6.10. The van der Waals surface area contributed by atoms with Crippen LogP contribution < -0.4 is 10.6 Å². The van der Waals surface area contributed by atoms with E-state index in [4.69, 9.17) is 0 Å². The maximum absolute atomic E-state index is 13.1. The van der Waals surface area contributed by atoms with Crippen molar-refractivity contribution in [3.63, 3.8) is 0 Å². The fourth-order valence-electron chi connectivity index (χ4n) is 3.11. The van der Waals surface area contributed by atoms with Crippen LogP contribution >= 0.6 is 12.4 Å². The second-order valence-corrected chi connectivity index (χ2v) is 6.49. The Bertz CT molecular complexity index is 563. The standard InChI is InChI=1S/C18H26F3N3O.ClH/c1-14(15-5-2-3-6-16(15)18(19,20)21)13-17(25)23-7-4-10-24-11-8-22-9-12-24;/h2-3,5-6,14,22H,4,7-13H2,1H3,(H,23,25);1H. The number of alkyl halides is 3. The number of amides is 1. The monoisotopic (exact) mass is 393 g/mol. The number of halogens is 4. The first kappa shape index (κ1) is 22.7. The summed E-state index contributed by atoms with van der Waals surface area (Å²) in [5.74, 6) is -0.684. The molecule has 1 unspecified atom stereocenters. The molecule has 2 rings (SSSR count). The number of nitrogens with zero attached hydrogens (tertiary/aromatic N) is 1. The van der Waals surface area contributed by atoms with Crippen molar-refractivity contribution in [3.05, 3.63) is 35.4 Å². The molecule has 8 heteroatoms. The van der Waals surface area contributed by atoms with E-state index in [1.54, 1.807) is 13.0 Å². The van der Waals surface area contributed by atoms with Gasteiger partial charge >= 0.3 is 6.18 Å². The fourth-order valence-corrected chi connectivity index (χ4v) is 3.11. The minimum absolute atomic E-state index is 0. The molecule has 1 heterocycles. The third-order valence-electron chi connectivity index (χ3n) is 4.47. The van der Waals surface area contributed by atoms with E-state index in [9.17, 15) is 18.0 Å². The van der Waals surface area contributed by atoms with Gasteiger partial charge in [0.1, 0.15) is 0 Å². The van der Waals surface area contributed by atoms with Crippen LogP contribution in [0.3, 0.4) is 0 Å². The fraction of sp³-hybridized carbons (Fsp3) is 0.611. The molecule has 1 aromatic rings. The molecule has 26 heavy (non-hydrogen) atoms. The number of rotatable bonds is 7. The largest absolute Gasteiger partial charge is 0.416 e. The van der Waals surface area contributed by atoms with Gasteiger partial charge in [-0.25, -0.2) is 0 Å². The van der Waals surface area contributed by atoms with Gasteiger partial charge in [0.05, 0.1) is 5.56 Å². The lowest BCUT2D eigenvalue weighted by atomic mass is 9.92. The predicted octanol–water partition coefficient (Wildman–Crippen LogP) is 3.03. The van der Waals surface area contributed by atoms with E-state index in [-0.39, 0.29) is 30.3 Å². The topological polar surface area (TPSA) is 44.4 Å². The van der Waals surface area contributed by atoms with Crippen molar-refractivity contribution in [2.45, 2.75) is 31.9 Å². The van der Waals surface area contributed by atoms with Gasteiger partial charge in [-0.15, -0.1) is 12.4 Å². The highest BCUT2D eigenvalue weighted by Gasteiger charge is 2.34. The molecule has 0 bridgehead atoms. The highest BCUT2D eigenvalue weighted by molar-refractivity contribution is 5.85. The summed E-state index contributed by atoms with van der Waals surface area (Å²) >= 11 is 0. The molecule has 1 atom stereocenters. The number of benzene rings is 1. The van der Waals surface area contributed by atoms with Crippen LogP contribution in [0.1, 0.15) is 36.8 Å². The van der Waals surface area contributed by atoms with Gasteiger partial charge in [0, 0.05) is 39.1 Å². The lowest BCUT2D eigenvalue weighted by molar-refractivity contribution is -0.138. The van der Waals surface area contributed by atoms with Crippen molar-refractivity contribution in [2.24, 2.45) is 0 Å². The van der Waals surface area contributed by atoms with E-state index < -0.39 is 17.7 Å². The van der Waals surface area contributed by atoms with Crippen molar-refractivity contribution < 1.29 is 18.0 Å². The van der Waals surface area contributed by atoms with Gasteiger partial charge in [-0.3, -0.25) is 4.79 Å². The summed E-state index contributed by atoms with van der Waals surface area (Å²) < 4.78 is 39.2. The Kier molecular flexibility index (Phi) is 9.39. The average molecular weight is 394 g/mol.